The molecule has 0 saturated heterocycles. The number of unbranched alkanes of at least 4 members (excludes halogenated alkanes) is 36. The summed E-state index contributed by atoms with van der Waals surface area (Å²) in [6.45, 7) is 9.01. The molecule has 0 aromatic heterocycles. The number of esters is 3. The van der Waals surface area contributed by atoms with Crippen LogP contribution in [0.25, 0.3) is 0 Å². The maximum atomic E-state index is 12.8. The highest BCUT2D eigenvalue weighted by Gasteiger charge is 2.19. The number of carbonyl (C=O) groups excluding carboxylic acids is 3. The maximum absolute atomic E-state index is 12.8. The van der Waals surface area contributed by atoms with Gasteiger partial charge in [-0.05, 0) is 25.2 Å². The van der Waals surface area contributed by atoms with Crippen molar-refractivity contribution in [2.24, 2.45) is 5.92 Å². The number of ether oxygens (including phenoxy) is 3. The van der Waals surface area contributed by atoms with Gasteiger partial charge in [-0.1, -0.05) is 265 Å². The van der Waals surface area contributed by atoms with Crippen molar-refractivity contribution < 1.29 is 28.6 Å². The van der Waals surface area contributed by atoms with Crippen molar-refractivity contribution in [3.05, 3.63) is 0 Å². The molecular weight excluding hydrogens is 745 g/mol. The lowest BCUT2D eigenvalue weighted by Crippen LogP contribution is -2.30. The van der Waals surface area contributed by atoms with Gasteiger partial charge in [0.05, 0.1) is 0 Å². The lowest BCUT2D eigenvalue weighted by atomic mass is 10.0. The lowest BCUT2D eigenvalue weighted by Gasteiger charge is -2.18. The average Bonchev–Trinajstić information content (AvgIpc) is 3.23. The third-order valence-corrected chi connectivity index (χ3v) is 12.3. The van der Waals surface area contributed by atoms with Gasteiger partial charge in [0.1, 0.15) is 13.2 Å². The molecule has 0 N–H and O–H groups in total. The number of hydrogen-bond acceptors (Lipinski definition) is 6. The number of rotatable bonds is 49. The first-order chi connectivity index (χ1) is 29.4. The Morgan fingerprint density at radius 3 is 0.817 bits per heavy atom. The second-order valence-electron chi connectivity index (χ2n) is 19.0. The first-order valence-electron chi connectivity index (χ1n) is 26.9. The zero-order chi connectivity index (χ0) is 43.8. The number of carbonyl (C=O) groups is 3. The molecule has 356 valence electrons. The van der Waals surface area contributed by atoms with Crippen LogP contribution >= 0.6 is 0 Å². The summed E-state index contributed by atoms with van der Waals surface area (Å²) >= 11 is 0. The monoisotopic (exact) mass is 849 g/mol. The summed E-state index contributed by atoms with van der Waals surface area (Å²) in [5, 5.41) is 0. The Morgan fingerprint density at radius 2 is 0.550 bits per heavy atom. The van der Waals surface area contributed by atoms with E-state index in [0.29, 0.717) is 19.3 Å². The van der Waals surface area contributed by atoms with Crippen LogP contribution in [0.1, 0.15) is 304 Å². The zero-order valence-corrected chi connectivity index (χ0v) is 40.9. The van der Waals surface area contributed by atoms with Crippen LogP contribution in [0, 0.1) is 5.92 Å². The summed E-state index contributed by atoms with van der Waals surface area (Å²) < 4.78 is 16.8. The Bertz CT molecular complexity index is 903. The highest BCUT2D eigenvalue weighted by atomic mass is 16.6. The molecule has 0 aromatic carbocycles. The van der Waals surface area contributed by atoms with Crippen LogP contribution in [-0.2, 0) is 28.6 Å². The SMILES string of the molecule is CCCCCCCCCCCCCCCCCCCC(=O)OC[C@@H](COC(=O)CCCCCCCCC)OC(=O)CCCCCCCCCCCCCCCCCC(C)C. The second-order valence-corrected chi connectivity index (χ2v) is 19.0. The molecule has 0 amide bonds. The summed E-state index contributed by atoms with van der Waals surface area (Å²) in [4.78, 5) is 37.8. The van der Waals surface area contributed by atoms with E-state index >= 15 is 0 Å². The van der Waals surface area contributed by atoms with Gasteiger partial charge in [-0.3, -0.25) is 14.4 Å². The Kier molecular flexibility index (Phi) is 47.2. The van der Waals surface area contributed by atoms with Gasteiger partial charge in [0.15, 0.2) is 6.10 Å². The predicted molar refractivity (Wildman–Crippen MR) is 257 cm³/mol. The molecule has 0 aliphatic rings. The van der Waals surface area contributed by atoms with E-state index in [-0.39, 0.29) is 31.1 Å². The zero-order valence-electron chi connectivity index (χ0n) is 40.9. The Balaban J connectivity index is 4.17. The first-order valence-corrected chi connectivity index (χ1v) is 26.9. The van der Waals surface area contributed by atoms with Crippen molar-refractivity contribution in [3.8, 4) is 0 Å². The molecule has 0 unspecified atom stereocenters. The van der Waals surface area contributed by atoms with E-state index in [0.717, 1.165) is 63.7 Å². The van der Waals surface area contributed by atoms with E-state index in [1.54, 1.807) is 0 Å². The van der Waals surface area contributed by atoms with Crippen molar-refractivity contribution in [1.29, 1.82) is 0 Å². The van der Waals surface area contributed by atoms with Crippen molar-refractivity contribution in [3.63, 3.8) is 0 Å². The molecule has 1 atom stereocenters. The molecule has 0 aliphatic carbocycles. The van der Waals surface area contributed by atoms with Crippen LogP contribution < -0.4 is 0 Å². The summed E-state index contributed by atoms with van der Waals surface area (Å²) in [5.74, 6) is -0.000329. The minimum atomic E-state index is -0.760. The first kappa shape index (κ1) is 58.4. The smallest absolute Gasteiger partial charge is 0.306 e. The lowest BCUT2D eigenvalue weighted by molar-refractivity contribution is -0.167. The summed E-state index contributed by atoms with van der Waals surface area (Å²) in [6, 6.07) is 0. The van der Waals surface area contributed by atoms with Gasteiger partial charge in [0.25, 0.3) is 0 Å². The van der Waals surface area contributed by atoms with Gasteiger partial charge in [-0.25, -0.2) is 0 Å². The quantitative estimate of drug-likeness (QED) is 0.0345. The van der Waals surface area contributed by atoms with E-state index in [1.165, 1.54) is 199 Å². The van der Waals surface area contributed by atoms with Gasteiger partial charge >= 0.3 is 17.9 Å². The molecule has 0 aliphatic heterocycles. The summed E-state index contributed by atoms with van der Waals surface area (Å²) in [7, 11) is 0. The van der Waals surface area contributed by atoms with Gasteiger partial charge < -0.3 is 14.2 Å². The molecule has 6 heteroatoms. The molecule has 0 rings (SSSR count). The van der Waals surface area contributed by atoms with E-state index in [9.17, 15) is 14.4 Å². The number of hydrogen-bond donors (Lipinski definition) is 0. The van der Waals surface area contributed by atoms with Crippen molar-refractivity contribution in [2.45, 2.75) is 310 Å². The molecule has 0 spiro atoms. The molecule has 0 heterocycles. The minimum absolute atomic E-state index is 0.0628. The molecular formula is C54H104O6. The Hall–Kier alpha value is -1.59. The van der Waals surface area contributed by atoms with Gasteiger partial charge in [-0.2, -0.15) is 0 Å². The van der Waals surface area contributed by atoms with Crippen molar-refractivity contribution in [1.82, 2.24) is 0 Å². The topological polar surface area (TPSA) is 78.9 Å². The highest BCUT2D eigenvalue weighted by molar-refractivity contribution is 5.71. The molecule has 0 saturated carbocycles. The molecule has 6 nitrogen and oxygen atoms in total. The van der Waals surface area contributed by atoms with E-state index in [2.05, 4.69) is 27.7 Å². The Morgan fingerprint density at radius 1 is 0.317 bits per heavy atom. The molecule has 0 radical (unpaired) electrons. The van der Waals surface area contributed by atoms with Crippen molar-refractivity contribution in [2.75, 3.05) is 13.2 Å². The fourth-order valence-electron chi connectivity index (χ4n) is 8.22. The summed E-state index contributed by atoms with van der Waals surface area (Å²) in [6.07, 6.45) is 51.1. The van der Waals surface area contributed by atoms with Gasteiger partial charge in [0, 0.05) is 19.3 Å². The fraction of sp³-hybridized carbons (Fsp3) is 0.944. The normalized spacial score (nSPS) is 11.9. The van der Waals surface area contributed by atoms with E-state index in [4.69, 9.17) is 14.2 Å². The molecule has 0 bridgehead atoms. The molecule has 60 heavy (non-hydrogen) atoms. The third kappa shape index (κ3) is 47.5. The standard InChI is InChI=1S/C54H104O6/c1-5-7-9-11-13-14-15-16-17-18-21-24-27-30-34-38-42-46-53(56)59-49-51(48-58-52(55)45-41-37-32-12-10-8-6-2)60-54(57)47-43-39-35-31-28-25-22-19-20-23-26-29-33-36-40-44-50(3)4/h50-51H,5-49H2,1-4H3/t51-/m1/s1. The van der Waals surface area contributed by atoms with Crippen LogP contribution in [0.4, 0.5) is 0 Å². The Labute approximate surface area is 374 Å². The van der Waals surface area contributed by atoms with Crippen LogP contribution in [0.2, 0.25) is 0 Å². The average molecular weight is 849 g/mol. The minimum Gasteiger partial charge on any atom is -0.462 e. The van der Waals surface area contributed by atoms with Crippen molar-refractivity contribution >= 4 is 17.9 Å². The van der Waals surface area contributed by atoms with Crippen LogP contribution in [0.15, 0.2) is 0 Å². The second kappa shape index (κ2) is 48.4. The predicted octanol–water partition coefficient (Wildman–Crippen LogP) is 17.5. The highest BCUT2D eigenvalue weighted by Crippen LogP contribution is 2.17. The maximum Gasteiger partial charge on any atom is 0.306 e. The summed E-state index contributed by atoms with van der Waals surface area (Å²) in [5.41, 5.74) is 0. The third-order valence-electron chi connectivity index (χ3n) is 12.3. The van der Waals surface area contributed by atoms with Crippen LogP contribution in [-0.4, -0.2) is 37.2 Å². The van der Waals surface area contributed by atoms with Gasteiger partial charge in [-0.15, -0.1) is 0 Å². The van der Waals surface area contributed by atoms with E-state index in [1.807, 2.05) is 0 Å². The largest absolute Gasteiger partial charge is 0.462 e. The fourth-order valence-corrected chi connectivity index (χ4v) is 8.22. The van der Waals surface area contributed by atoms with E-state index < -0.39 is 6.10 Å². The van der Waals surface area contributed by atoms with Gasteiger partial charge in [0.2, 0.25) is 0 Å². The molecule has 0 aromatic rings. The molecule has 0 fully saturated rings. The van der Waals surface area contributed by atoms with Crippen LogP contribution in [0.3, 0.4) is 0 Å². The van der Waals surface area contributed by atoms with Crippen LogP contribution in [0.5, 0.6) is 0 Å².